The van der Waals surface area contributed by atoms with Gasteiger partial charge in [-0.3, -0.25) is 9.59 Å². The van der Waals surface area contributed by atoms with Gasteiger partial charge in [0.05, 0.1) is 0 Å². The number of piperazine rings is 1. The molecule has 1 unspecified atom stereocenters. The molecule has 1 aromatic heterocycles. The van der Waals surface area contributed by atoms with E-state index in [-0.39, 0.29) is 11.8 Å². The van der Waals surface area contributed by atoms with Gasteiger partial charge < -0.3 is 15.5 Å². The Morgan fingerprint density at radius 2 is 2.18 bits per heavy atom. The zero-order valence-electron chi connectivity index (χ0n) is 12.9. The second-order valence-electron chi connectivity index (χ2n) is 5.38. The number of nitrogens with zero attached hydrogens (tertiary/aromatic N) is 3. The SMILES string of the molecule is CCCCC(=O)N1CCNCC1C(=O)NCc1cncnc1. The predicted octanol–water partition coefficient (Wildman–Crippen LogP) is 0.0834. The summed E-state index contributed by atoms with van der Waals surface area (Å²) in [6.07, 6.45) is 7.12. The summed E-state index contributed by atoms with van der Waals surface area (Å²) >= 11 is 0. The van der Waals surface area contributed by atoms with Gasteiger partial charge in [0.25, 0.3) is 0 Å². The number of unbranched alkanes of at least 4 members (excludes halogenated alkanes) is 1. The first-order chi connectivity index (χ1) is 10.7. The lowest BCUT2D eigenvalue weighted by molar-refractivity contribution is -0.141. The number of rotatable bonds is 6. The second-order valence-corrected chi connectivity index (χ2v) is 5.38. The lowest BCUT2D eigenvalue weighted by Gasteiger charge is -2.35. The Morgan fingerprint density at radius 3 is 2.91 bits per heavy atom. The standard InChI is InChI=1S/C15H23N5O2/c1-2-3-4-14(21)20-6-5-16-10-13(20)15(22)19-9-12-7-17-11-18-8-12/h7-8,11,13,16H,2-6,9-10H2,1H3,(H,19,22). The van der Waals surface area contributed by atoms with Crippen molar-refractivity contribution in [2.24, 2.45) is 0 Å². The van der Waals surface area contributed by atoms with E-state index in [2.05, 4.69) is 27.5 Å². The van der Waals surface area contributed by atoms with Crippen LogP contribution in [-0.2, 0) is 16.1 Å². The Balaban J connectivity index is 1.91. The molecule has 0 saturated carbocycles. The molecule has 2 rings (SSSR count). The maximum atomic E-state index is 12.4. The Labute approximate surface area is 130 Å². The third kappa shape index (κ3) is 4.49. The summed E-state index contributed by atoms with van der Waals surface area (Å²) in [4.78, 5) is 34.1. The number of amides is 2. The van der Waals surface area contributed by atoms with Crippen LogP contribution in [0.3, 0.4) is 0 Å². The van der Waals surface area contributed by atoms with Crippen LogP contribution in [0, 0.1) is 0 Å². The zero-order chi connectivity index (χ0) is 15.8. The third-order valence-electron chi connectivity index (χ3n) is 3.69. The summed E-state index contributed by atoms with van der Waals surface area (Å²) in [6, 6.07) is -0.442. The molecule has 0 aromatic carbocycles. The topological polar surface area (TPSA) is 87.2 Å². The number of hydrogen-bond acceptors (Lipinski definition) is 5. The van der Waals surface area contributed by atoms with Crippen molar-refractivity contribution >= 4 is 11.8 Å². The van der Waals surface area contributed by atoms with Gasteiger partial charge in [0, 0.05) is 50.6 Å². The van der Waals surface area contributed by atoms with E-state index in [0.717, 1.165) is 24.9 Å². The number of carbonyl (C=O) groups excluding carboxylic acids is 2. The van der Waals surface area contributed by atoms with Gasteiger partial charge >= 0.3 is 0 Å². The maximum Gasteiger partial charge on any atom is 0.244 e. The number of hydrogen-bond donors (Lipinski definition) is 2. The Hall–Kier alpha value is -2.02. The summed E-state index contributed by atoms with van der Waals surface area (Å²) < 4.78 is 0. The van der Waals surface area contributed by atoms with E-state index in [1.165, 1.54) is 6.33 Å². The van der Waals surface area contributed by atoms with E-state index in [0.29, 0.717) is 26.1 Å². The minimum atomic E-state index is -0.442. The highest BCUT2D eigenvalue weighted by molar-refractivity contribution is 5.88. The van der Waals surface area contributed by atoms with Crippen LogP contribution in [0.15, 0.2) is 18.7 Å². The Kier molecular flexibility index (Phi) is 6.27. The molecule has 1 aliphatic heterocycles. The highest BCUT2D eigenvalue weighted by Crippen LogP contribution is 2.09. The molecule has 1 fully saturated rings. The molecular formula is C15H23N5O2. The lowest BCUT2D eigenvalue weighted by atomic mass is 10.1. The Bertz CT molecular complexity index is 494. The third-order valence-corrected chi connectivity index (χ3v) is 3.69. The molecule has 0 bridgehead atoms. The van der Waals surface area contributed by atoms with Gasteiger partial charge in [-0.05, 0) is 6.42 Å². The average Bonchev–Trinajstić information content (AvgIpc) is 2.58. The molecule has 0 spiro atoms. The van der Waals surface area contributed by atoms with E-state index in [1.807, 2.05) is 0 Å². The number of carbonyl (C=O) groups is 2. The van der Waals surface area contributed by atoms with Crippen molar-refractivity contribution in [3.8, 4) is 0 Å². The molecule has 120 valence electrons. The van der Waals surface area contributed by atoms with E-state index >= 15 is 0 Å². The lowest BCUT2D eigenvalue weighted by Crippen LogP contribution is -2.59. The van der Waals surface area contributed by atoms with Crippen molar-refractivity contribution in [1.29, 1.82) is 0 Å². The van der Waals surface area contributed by atoms with E-state index in [4.69, 9.17) is 0 Å². The van der Waals surface area contributed by atoms with Gasteiger partial charge in [-0.2, -0.15) is 0 Å². The zero-order valence-corrected chi connectivity index (χ0v) is 12.9. The van der Waals surface area contributed by atoms with E-state index in [1.54, 1.807) is 17.3 Å². The van der Waals surface area contributed by atoms with Gasteiger partial charge in [0.1, 0.15) is 12.4 Å². The molecule has 7 nitrogen and oxygen atoms in total. The number of aromatic nitrogens is 2. The maximum absolute atomic E-state index is 12.4. The van der Waals surface area contributed by atoms with Crippen molar-refractivity contribution in [3.63, 3.8) is 0 Å². The van der Waals surface area contributed by atoms with Gasteiger partial charge in [-0.1, -0.05) is 13.3 Å². The minimum Gasteiger partial charge on any atom is -0.350 e. The highest BCUT2D eigenvalue weighted by atomic mass is 16.2. The van der Waals surface area contributed by atoms with E-state index < -0.39 is 6.04 Å². The first-order valence-corrected chi connectivity index (χ1v) is 7.74. The molecule has 2 amide bonds. The van der Waals surface area contributed by atoms with Crippen LogP contribution in [0.4, 0.5) is 0 Å². The van der Waals surface area contributed by atoms with Crippen molar-refractivity contribution in [2.75, 3.05) is 19.6 Å². The van der Waals surface area contributed by atoms with Crippen molar-refractivity contribution in [3.05, 3.63) is 24.3 Å². The molecule has 1 saturated heterocycles. The molecule has 1 aromatic rings. The molecule has 1 atom stereocenters. The van der Waals surface area contributed by atoms with Crippen LogP contribution in [0.1, 0.15) is 31.7 Å². The molecule has 2 heterocycles. The van der Waals surface area contributed by atoms with Crippen LogP contribution in [0.25, 0.3) is 0 Å². The highest BCUT2D eigenvalue weighted by Gasteiger charge is 2.31. The Morgan fingerprint density at radius 1 is 1.41 bits per heavy atom. The normalized spacial score (nSPS) is 18.0. The summed E-state index contributed by atoms with van der Waals surface area (Å²) in [7, 11) is 0. The van der Waals surface area contributed by atoms with Crippen molar-refractivity contribution < 1.29 is 9.59 Å². The molecule has 0 aliphatic carbocycles. The van der Waals surface area contributed by atoms with Crippen LogP contribution in [0.2, 0.25) is 0 Å². The largest absolute Gasteiger partial charge is 0.350 e. The molecule has 2 N–H and O–H groups in total. The second kappa shape index (κ2) is 8.43. The predicted molar refractivity (Wildman–Crippen MR) is 81.8 cm³/mol. The fourth-order valence-electron chi connectivity index (χ4n) is 2.44. The first-order valence-electron chi connectivity index (χ1n) is 7.74. The summed E-state index contributed by atoms with van der Waals surface area (Å²) in [5, 5.41) is 6.03. The quantitative estimate of drug-likeness (QED) is 0.777. The van der Waals surface area contributed by atoms with Crippen molar-refractivity contribution in [1.82, 2.24) is 25.5 Å². The number of nitrogens with one attached hydrogen (secondary N) is 2. The fourth-order valence-corrected chi connectivity index (χ4v) is 2.44. The van der Waals surface area contributed by atoms with Crippen LogP contribution >= 0.6 is 0 Å². The summed E-state index contributed by atoms with van der Waals surface area (Å²) in [5.74, 6) is -0.0764. The molecule has 1 aliphatic rings. The van der Waals surface area contributed by atoms with Crippen LogP contribution < -0.4 is 10.6 Å². The monoisotopic (exact) mass is 305 g/mol. The van der Waals surface area contributed by atoms with Crippen molar-refractivity contribution in [2.45, 2.75) is 38.8 Å². The van der Waals surface area contributed by atoms with Gasteiger partial charge in [0.2, 0.25) is 11.8 Å². The molecule has 0 radical (unpaired) electrons. The smallest absolute Gasteiger partial charge is 0.244 e. The molecule has 22 heavy (non-hydrogen) atoms. The fraction of sp³-hybridized carbons (Fsp3) is 0.600. The van der Waals surface area contributed by atoms with Gasteiger partial charge in [-0.15, -0.1) is 0 Å². The first kappa shape index (κ1) is 16.4. The van der Waals surface area contributed by atoms with Gasteiger partial charge in [-0.25, -0.2) is 9.97 Å². The summed E-state index contributed by atoms with van der Waals surface area (Å²) in [6.45, 7) is 4.22. The minimum absolute atomic E-state index is 0.0616. The van der Waals surface area contributed by atoms with Crippen LogP contribution in [0.5, 0.6) is 0 Å². The summed E-state index contributed by atoms with van der Waals surface area (Å²) in [5.41, 5.74) is 0.837. The molecule has 7 heteroatoms. The van der Waals surface area contributed by atoms with Gasteiger partial charge in [0.15, 0.2) is 0 Å². The van der Waals surface area contributed by atoms with Crippen LogP contribution in [-0.4, -0.2) is 52.4 Å². The molecular weight excluding hydrogens is 282 g/mol. The van der Waals surface area contributed by atoms with E-state index in [9.17, 15) is 9.59 Å². The average molecular weight is 305 g/mol.